The molecule has 4 rings (SSSR count). The molecule has 37 heavy (non-hydrogen) atoms. The highest BCUT2D eigenvalue weighted by atomic mass is 79.9. The minimum atomic E-state index is -4.52. The van der Waals surface area contributed by atoms with E-state index in [4.69, 9.17) is 27.9 Å². The van der Waals surface area contributed by atoms with Gasteiger partial charge in [-0.2, -0.15) is 23.4 Å². The number of alkyl halides is 3. The van der Waals surface area contributed by atoms with Crippen molar-refractivity contribution in [3.63, 3.8) is 0 Å². The molecule has 1 aromatic heterocycles. The van der Waals surface area contributed by atoms with Crippen LogP contribution in [0.5, 0.6) is 5.88 Å². The zero-order valence-electron chi connectivity index (χ0n) is 19.2. The highest BCUT2D eigenvalue weighted by Gasteiger charge is 2.35. The van der Waals surface area contributed by atoms with E-state index < -0.39 is 35.8 Å². The van der Waals surface area contributed by atoms with Crippen molar-refractivity contribution < 1.29 is 22.7 Å². The monoisotopic (exact) mass is 614 g/mol. The zero-order valence-corrected chi connectivity index (χ0v) is 22.3. The van der Waals surface area contributed by atoms with Crippen LogP contribution in [0.2, 0.25) is 10.0 Å². The molecule has 0 saturated heterocycles. The van der Waals surface area contributed by atoms with Gasteiger partial charge in [-0.05, 0) is 48.4 Å². The molecule has 1 aliphatic heterocycles. The van der Waals surface area contributed by atoms with E-state index in [9.17, 15) is 18.0 Å². The largest absolute Gasteiger partial charge is 0.465 e. The van der Waals surface area contributed by atoms with Gasteiger partial charge in [0.2, 0.25) is 5.88 Å². The normalized spacial score (nSPS) is 18.9. The van der Waals surface area contributed by atoms with E-state index in [0.29, 0.717) is 28.2 Å². The number of aromatic nitrogens is 1. The van der Waals surface area contributed by atoms with Crippen molar-refractivity contribution in [1.82, 2.24) is 10.3 Å². The molecule has 1 aliphatic rings. The molecule has 2 aromatic carbocycles. The molecule has 3 aromatic rings. The molecule has 2 heterocycles. The number of nitrogens with one attached hydrogen (secondary N) is 1. The van der Waals surface area contributed by atoms with Crippen LogP contribution in [0.4, 0.5) is 13.2 Å². The fourth-order valence-electron chi connectivity index (χ4n) is 3.84. The number of carbonyl (C=O) groups excluding carboxylic acids is 1. The van der Waals surface area contributed by atoms with Crippen LogP contribution in [0.1, 0.15) is 42.1 Å². The molecule has 1 amide bonds. The predicted octanol–water partition coefficient (Wildman–Crippen LogP) is 7.76. The van der Waals surface area contributed by atoms with E-state index in [1.807, 2.05) is 24.3 Å². The Hall–Kier alpha value is -2.69. The van der Waals surface area contributed by atoms with Gasteiger partial charge in [-0.25, -0.2) is 4.98 Å². The average molecular weight is 616 g/mol. The van der Waals surface area contributed by atoms with Crippen LogP contribution in [0, 0.1) is 0 Å². The van der Waals surface area contributed by atoms with Gasteiger partial charge in [0.1, 0.15) is 0 Å². The van der Waals surface area contributed by atoms with E-state index in [1.54, 1.807) is 18.2 Å². The summed E-state index contributed by atoms with van der Waals surface area (Å²) in [7, 11) is 0. The van der Waals surface area contributed by atoms with Gasteiger partial charge in [-0.3, -0.25) is 4.79 Å². The summed E-state index contributed by atoms with van der Waals surface area (Å²) in [6.45, 7) is 1.47. The second kappa shape index (κ2) is 11.4. The molecule has 0 spiro atoms. The number of carbonyl (C=O) groups is 1. The lowest BCUT2D eigenvalue weighted by atomic mass is 9.93. The maximum atomic E-state index is 13.1. The van der Waals surface area contributed by atoms with Gasteiger partial charge < -0.3 is 10.1 Å². The Labute approximate surface area is 229 Å². The number of benzene rings is 2. The predicted molar refractivity (Wildman–Crippen MR) is 137 cm³/mol. The third-order valence-corrected chi connectivity index (χ3v) is 6.88. The molecule has 0 fully saturated rings. The summed E-state index contributed by atoms with van der Waals surface area (Å²) in [5.41, 5.74) is 0.660. The molecule has 0 radical (unpaired) electrons. The summed E-state index contributed by atoms with van der Waals surface area (Å²) < 4.78 is 44.8. The first-order valence-electron chi connectivity index (χ1n) is 11.1. The van der Waals surface area contributed by atoms with Gasteiger partial charge in [0, 0.05) is 33.2 Å². The first-order chi connectivity index (χ1) is 17.5. The number of azo groups is 1. The van der Waals surface area contributed by atoms with Crippen LogP contribution in [-0.2, 0) is 11.0 Å². The quantitative estimate of drug-likeness (QED) is 0.295. The molecule has 12 heteroatoms. The van der Waals surface area contributed by atoms with Gasteiger partial charge in [0.15, 0.2) is 6.10 Å². The third kappa shape index (κ3) is 6.80. The van der Waals surface area contributed by atoms with E-state index in [-0.39, 0.29) is 11.9 Å². The van der Waals surface area contributed by atoms with Gasteiger partial charge in [0.05, 0.1) is 23.7 Å². The molecule has 0 bridgehead atoms. The van der Waals surface area contributed by atoms with Gasteiger partial charge in [0.25, 0.3) is 5.91 Å². The number of rotatable bonds is 7. The summed E-state index contributed by atoms with van der Waals surface area (Å²) in [5.74, 6) is -0.646. The van der Waals surface area contributed by atoms with Crippen LogP contribution >= 0.6 is 39.1 Å². The molecular weight excluding hydrogens is 596 g/mol. The molecule has 0 aliphatic carbocycles. The molecule has 6 nitrogen and oxygen atoms in total. The Kier molecular flexibility index (Phi) is 8.40. The van der Waals surface area contributed by atoms with Gasteiger partial charge in [-0.15, -0.1) is 0 Å². The molecule has 194 valence electrons. The van der Waals surface area contributed by atoms with Crippen molar-refractivity contribution in [3.05, 3.63) is 92.0 Å². The lowest BCUT2D eigenvalue weighted by Crippen LogP contribution is -2.42. The fraction of sp³-hybridized carbons (Fsp3) is 0.280. The van der Waals surface area contributed by atoms with Crippen LogP contribution in [0.25, 0.3) is 0 Å². The average Bonchev–Trinajstić information content (AvgIpc) is 3.33. The maximum absolute atomic E-state index is 13.1. The first kappa shape index (κ1) is 27.3. The minimum Gasteiger partial charge on any atom is -0.465 e. The second-order valence-corrected chi connectivity index (χ2v) is 10.2. The first-order valence-corrected chi connectivity index (χ1v) is 12.7. The number of ether oxygens (including phenoxy) is 1. The third-order valence-electron chi connectivity index (χ3n) is 5.78. The van der Waals surface area contributed by atoms with Crippen molar-refractivity contribution in [1.29, 1.82) is 0 Å². The van der Waals surface area contributed by atoms with E-state index >= 15 is 0 Å². The molecule has 1 N–H and O–H groups in total. The Morgan fingerprint density at radius 1 is 1.11 bits per heavy atom. The Morgan fingerprint density at radius 3 is 2.46 bits per heavy atom. The fourth-order valence-corrected chi connectivity index (χ4v) is 4.63. The molecule has 0 saturated carbocycles. The summed E-state index contributed by atoms with van der Waals surface area (Å²) >= 11 is 16.0. The molecular formula is C25H20BrCl2F3N4O2. The summed E-state index contributed by atoms with van der Waals surface area (Å²) in [6, 6.07) is 13.3. The van der Waals surface area contributed by atoms with Gasteiger partial charge in [-0.1, -0.05) is 57.3 Å². The number of hydrogen-bond donors (Lipinski definition) is 1. The van der Waals surface area contributed by atoms with Crippen molar-refractivity contribution in [2.24, 2.45) is 10.2 Å². The van der Waals surface area contributed by atoms with Crippen molar-refractivity contribution in [3.8, 4) is 5.88 Å². The van der Waals surface area contributed by atoms with Crippen LogP contribution in [0.3, 0.4) is 0 Å². The van der Waals surface area contributed by atoms with E-state index in [2.05, 4.69) is 36.5 Å². The van der Waals surface area contributed by atoms with Crippen molar-refractivity contribution in [2.75, 3.05) is 0 Å². The summed E-state index contributed by atoms with van der Waals surface area (Å²) in [5, 5.41) is 12.5. The topological polar surface area (TPSA) is 75.9 Å². The highest BCUT2D eigenvalue weighted by Crippen LogP contribution is 2.39. The number of halogens is 6. The lowest BCUT2D eigenvalue weighted by Gasteiger charge is -2.26. The summed E-state index contributed by atoms with van der Waals surface area (Å²) in [4.78, 5) is 16.8. The Bertz CT molecular complexity index is 1290. The van der Waals surface area contributed by atoms with Crippen molar-refractivity contribution in [2.45, 2.75) is 43.8 Å². The summed E-state index contributed by atoms with van der Waals surface area (Å²) in [6.07, 6.45) is -4.43. The minimum absolute atomic E-state index is 0.118. The standard InChI is InChI=1S/C25H20BrCl2F3N4O2/c1-13(37-22-9-4-15(12-32-22)25(29,30)31)24(36)33-23(18-8-7-17(27)10-19(18)28)21-11-20(34-35-21)14-2-5-16(26)6-3-14/h2-10,12-13,20-21,23H,11H2,1H3,(H,33,36). The Balaban J connectivity index is 1.51. The van der Waals surface area contributed by atoms with Crippen LogP contribution < -0.4 is 10.1 Å². The molecule has 4 unspecified atom stereocenters. The van der Waals surface area contributed by atoms with Crippen LogP contribution in [0.15, 0.2) is 75.5 Å². The lowest BCUT2D eigenvalue weighted by molar-refractivity contribution is -0.138. The van der Waals surface area contributed by atoms with E-state index in [0.717, 1.165) is 22.2 Å². The molecule has 4 atom stereocenters. The Morgan fingerprint density at radius 2 is 1.84 bits per heavy atom. The van der Waals surface area contributed by atoms with Crippen LogP contribution in [-0.4, -0.2) is 23.0 Å². The van der Waals surface area contributed by atoms with Crippen molar-refractivity contribution >= 4 is 45.0 Å². The van der Waals surface area contributed by atoms with E-state index in [1.165, 1.54) is 6.92 Å². The number of nitrogens with zero attached hydrogens (tertiary/aromatic N) is 3. The van der Waals surface area contributed by atoms with Gasteiger partial charge >= 0.3 is 6.18 Å². The number of pyridine rings is 1. The zero-order chi connectivity index (χ0) is 26.7. The highest BCUT2D eigenvalue weighted by molar-refractivity contribution is 9.10. The SMILES string of the molecule is CC(Oc1ccc(C(F)(F)F)cn1)C(=O)NC(c1ccc(Cl)cc1Cl)C1CC(c2ccc(Br)cc2)N=N1. The number of amides is 1. The maximum Gasteiger partial charge on any atom is 0.417 e. The smallest absolute Gasteiger partial charge is 0.417 e. The second-order valence-electron chi connectivity index (χ2n) is 8.40. The number of hydrogen-bond acceptors (Lipinski definition) is 5.